The summed E-state index contributed by atoms with van der Waals surface area (Å²) in [6, 6.07) is 8.73. The zero-order valence-corrected chi connectivity index (χ0v) is 8.11. The molecule has 0 aliphatic carbocycles. The fourth-order valence-corrected chi connectivity index (χ4v) is 1.30. The van der Waals surface area contributed by atoms with Crippen LogP contribution in [0.4, 0.5) is 8.78 Å². The highest BCUT2D eigenvalue weighted by molar-refractivity contribution is 5.18. The van der Waals surface area contributed by atoms with Gasteiger partial charge in [-0.15, -0.1) is 0 Å². The Hall–Kier alpha value is -1.14. The summed E-state index contributed by atoms with van der Waals surface area (Å²) in [7, 11) is 0. The summed E-state index contributed by atoms with van der Waals surface area (Å²) >= 11 is 0. The normalized spacial score (nSPS) is 11.1. The second-order valence-electron chi connectivity index (χ2n) is 3.39. The van der Waals surface area contributed by atoms with Crippen molar-refractivity contribution in [2.45, 2.75) is 25.7 Å². The minimum atomic E-state index is -2.71. The van der Waals surface area contributed by atoms with Gasteiger partial charge in [-0.3, -0.25) is 0 Å². The molecule has 0 saturated carbocycles. The molecule has 1 rings (SSSR count). The van der Waals surface area contributed by atoms with Gasteiger partial charge in [0.2, 0.25) is 0 Å². The Morgan fingerprint density at radius 1 is 1.50 bits per heavy atom. The van der Waals surface area contributed by atoms with E-state index in [2.05, 4.69) is 12.1 Å². The van der Waals surface area contributed by atoms with E-state index in [1.807, 2.05) is 0 Å². The van der Waals surface area contributed by atoms with Crippen LogP contribution in [0.1, 0.15) is 17.5 Å². The van der Waals surface area contributed by atoms with Crippen LogP contribution in [0.15, 0.2) is 12.1 Å². The van der Waals surface area contributed by atoms with Crippen molar-refractivity contribution in [2.24, 2.45) is 5.73 Å². The predicted molar refractivity (Wildman–Crippen MR) is 51.2 cm³/mol. The minimum Gasteiger partial charge on any atom is -0.330 e. The van der Waals surface area contributed by atoms with E-state index in [1.165, 1.54) is 6.07 Å². The Morgan fingerprint density at radius 3 is 2.79 bits per heavy atom. The maximum atomic E-state index is 13.1. The van der Waals surface area contributed by atoms with Gasteiger partial charge >= 0.3 is 0 Å². The molecule has 0 atom stereocenters. The van der Waals surface area contributed by atoms with E-state index in [-0.39, 0.29) is 19.4 Å². The highest BCUT2D eigenvalue weighted by Gasteiger charge is 2.27. The van der Waals surface area contributed by atoms with E-state index >= 15 is 0 Å². The maximum Gasteiger partial charge on any atom is 0.253 e. The predicted octanol–water partition coefficient (Wildman–Crippen LogP) is 2.12. The zero-order valence-electron chi connectivity index (χ0n) is 8.11. The van der Waals surface area contributed by atoms with Crippen LogP contribution < -0.4 is 5.73 Å². The van der Waals surface area contributed by atoms with E-state index in [0.29, 0.717) is 5.56 Å². The first-order valence-electron chi connectivity index (χ1n) is 4.50. The molecule has 14 heavy (non-hydrogen) atoms. The summed E-state index contributed by atoms with van der Waals surface area (Å²) in [5, 5.41) is 0. The van der Waals surface area contributed by atoms with Crippen LogP contribution in [-0.4, -0.2) is 12.5 Å². The SMILES string of the molecule is Cc1c#ccc(CC(F)(F)CCN)c1. The molecular formula is C11H13F2N. The van der Waals surface area contributed by atoms with E-state index in [4.69, 9.17) is 5.73 Å². The highest BCUT2D eigenvalue weighted by atomic mass is 19.3. The Balaban J connectivity index is 2.68. The van der Waals surface area contributed by atoms with Crippen molar-refractivity contribution < 1.29 is 8.78 Å². The lowest BCUT2D eigenvalue weighted by Gasteiger charge is -2.14. The molecular weight excluding hydrogens is 184 g/mol. The molecule has 0 spiro atoms. The molecule has 2 N–H and O–H groups in total. The third-order valence-electron chi connectivity index (χ3n) is 1.90. The Kier molecular flexibility index (Phi) is 3.43. The van der Waals surface area contributed by atoms with E-state index in [1.54, 1.807) is 13.0 Å². The third kappa shape index (κ3) is 3.31. The summed E-state index contributed by atoms with van der Waals surface area (Å²) in [5.41, 5.74) is 6.51. The second-order valence-corrected chi connectivity index (χ2v) is 3.39. The van der Waals surface area contributed by atoms with Crippen molar-refractivity contribution in [2.75, 3.05) is 6.54 Å². The van der Waals surface area contributed by atoms with Crippen molar-refractivity contribution in [3.63, 3.8) is 0 Å². The number of aryl methyl sites for hydroxylation is 1. The molecule has 0 saturated heterocycles. The van der Waals surface area contributed by atoms with Crippen molar-refractivity contribution in [3.8, 4) is 0 Å². The lowest BCUT2D eigenvalue weighted by Crippen LogP contribution is -2.23. The van der Waals surface area contributed by atoms with Gasteiger partial charge in [0, 0.05) is 12.8 Å². The van der Waals surface area contributed by atoms with Crippen LogP contribution in [0, 0.1) is 19.1 Å². The molecule has 0 heterocycles. The van der Waals surface area contributed by atoms with E-state index in [9.17, 15) is 8.78 Å². The molecule has 1 aromatic rings. The molecule has 0 aromatic heterocycles. The second kappa shape index (κ2) is 4.39. The molecule has 0 unspecified atom stereocenters. The van der Waals surface area contributed by atoms with Gasteiger partial charge in [-0.1, -0.05) is 12.1 Å². The molecule has 1 aromatic carbocycles. The average Bonchev–Trinajstić information content (AvgIpc) is 2.02. The standard InChI is InChI=1S/C11H13F2N/c1-9-3-2-4-10(7-9)8-11(12,13)5-6-14/h4,7H,5-6,8,14H2,1H3. The first kappa shape index (κ1) is 10.9. The summed E-state index contributed by atoms with van der Waals surface area (Å²) in [4.78, 5) is 0. The summed E-state index contributed by atoms with van der Waals surface area (Å²) in [5.74, 6) is -2.71. The van der Waals surface area contributed by atoms with Gasteiger partial charge in [0.05, 0.1) is 0 Å². The van der Waals surface area contributed by atoms with Crippen LogP contribution >= 0.6 is 0 Å². The fourth-order valence-electron chi connectivity index (χ4n) is 1.30. The monoisotopic (exact) mass is 197 g/mol. The molecule has 0 aliphatic heterocycles. The van der Waals surface area contributed by atoms with Crippen LogP contribution in [0.25, 0.3) is 0 Å². The number of alkyl halides is 2. The summed E-state index contributed by atoms with van der Waals surface area (Å²) in [6.07, 6.45) is -0.541. The largest absolute Gasteiger partial charge is 0.330 e. The van der Waals surface area contributed by atoms with Gasteiger partial charge in [0.1, 0.15) is 0 Å². The lowest BCUT2D eigenvalue weighted by atomic mass is 10.0. The molecule has 0 fully saturated rings. The van der Waals surface area contributed by atoms with Gasteiger partial charge in [-0.25, -0.2) is 8.78 Å². The quantitative estimate of drug-likeness (QED) is 0.786. The molecule has 0 bridgehead atoms. The zero-order chi connectivity index (χ0) is 10.6. The van der Waals surface area contributed by atoms with Crippen LogP contribution in [0.2, 0.25) is 0 Å². The Morgan fingerprint density at radius 2 is 2.21 bits per heavy atom. The number of hydrogen-bond donors (Lipinski definition) is 1. The van der Waals surface area contributed by atoms with Gasteiger partial charge < -0.3 is 5.73 Å². The smallest absolute Gasteiger partial charge is 0.253 e. The Bertz CT molecular complexity index is 297. The van der Waals surface area contributed by atoms with Crippen LogP contribution in [0.3, 0.4) is 0 Å². The molecule has 0 radical (unpaired) electrons. The fraction of sp³-hybridized carbons (Fsp3) is 0.455. The van der Waals surface area contributed by atoms with Crippen molar-refractivity contribution in [1.29, 1.82) is 0 Å². The Labute approximate surface area is 82.9 Å². The van der Waals surface area contributed by atoms with E-state index < -0.39 is 5.92 Å². The minimum absolute atomic E-state index is 0.00859. The van der Waals surface area contributed by atoms with E-state index in [0.717, 1.165) is 5.56 Å². The molecule has 3 heteroatoms. The average molecular weight is 197 g/mol. The van der Waals surface area contributed by atoms with Gasteiger partial charge in [-0.2, -0.15) is 0 Å². The molecule has 0 amide bonds. The molecule has 1 nitrogen and oxygen atoms in total. The van der Waals surface area contributed by atoms with Crippen LogP contribution in [0.5, 0.6) is 0 Å². The lowest BCUT2D eigenvalue weighted by molar-refractivity contribution is -0.00451. The topological polar surface area (TPSA) is 26.0 Å². The summed E-state index contributed by atoms with van der Waals surface area (Å²) in [6.45, 7) is 1.82. The maximum absolute atomic E-state index is 13.1. The van der Waals surface area contributed by atoms with Crippen molar-refractivity contribution >= 4 is 0 Å². The molecule has 76 valence electrons. The number of hydrogen-bond acceptors (Lipinski definition) is 1. The summed E-state index contributed by atoms with van der Waals surface area (Å²) < 4.78 is 26.3. The highest BCUT2D eigenvalue weighted by Crippen LogP contribution is 2.22. The first-order valence-corrected chi connectivity index (χ1v) is 4.50. The number of rotatable bonds is 4. The number of halogens is 2. The van der Waals surface area contributed by atoms with Gasteiger partial charge in [0.15, 0.2) is 0 Å². The first-order chi connectivity index (χ1) is 6.53. The van der Waals surface area contributed by atoms with Crippen molar-refractivity contribution in [3.05, 3.63) is 35.4 Å². The van der Waals surface area contributed by atoms with Crippen molar-refractivity contribution in [1.82, 2.24) is 0 Å². The number of nitrogens with two attached hydrogens (primary N) is 1. The third-order valence-corrected chi connectivity index (χ3v) is 1.90. The van der Waals surface area contributed by atoms with Gasteiger partial charge in [-0.05, 0) is 36.7 Å². The van der Waals surface area contributed by atoms with Crippen LogP contribution in [-0.2, 0) is 6.42 Å². The molecule has 0 aliphatic rings. The van der Waals surface area contributed by atoms with Gasteiger partial charge in [0.25, 0.3) is 5.92 Å².